The van der Waals surface area contributed by atoms with E-state index in [2.05, 4.69) is 5.32 Å². The lowest BCUT2D eigenvalue weighted by molar-refractivity contribution is -0.151. The first-order valence-electron chi connectivity index (χ1n) is 8.52. The van der Waals surface area contributed by atoms with Crippen molar-refractivity contribution in [3.63, 3.8) is 0 Å². The zero-order valence-electron chi connectivity index (χ0n) is 15.6. The molecule has 3 rings (SSSR count). The number of rotatable bonds is 6. The summed E-state index contributed by atoms with van der Waals surface area (Å²) in [6, 6.07) is 2.53. The summed E-state index contributed by atoms with van der Waals surface area (Å²) in [7, 11) is 1.27. The second-order valence-corrected chi connectivity index (χ2v) is 9.20. The number of nitrogens with one attached hydrogen (secondary N) is 1. The van der Waals surface area contributed by atoms with E-state index in [9.17, 15) is 28.5 Å². The van der Waals surface area contributed by atoms with Gasteiger partial charge in [0.05, 0.1) is 23.0 Å². The molecule has 0 aliphatic carbocycles. The van der Waals surface area contributed by atoms with Gasteiger partial charge in [0.15, 0.2) is 0 Å². The first-order chi connectivity index (χ1) is 13.7. The number of thiophene rings is 1. The van der Waals surface area contributed by atoms with Crippen LogP contribution in [0.1, 0.15) is 4.88 Å². The van der Waals surface area contributed by atoms with Crippen molar-refractivity contribution >= 4 is 46.0 Å². The van der Waals surface area contributed by atoms with Crippen LogP contribution in [-0.2, 0) is 36.3 Å². The van der Waals surface area contributed by atoms with Gasteiger partial charge in [-0.1, -0.05) is 6.07 Å². The van der Waals surface area contributed by atoms with E-state index in [0.717, 1.165) is 14.7 Å². The van der Waals surface area contributed by atoms with Crippen LogP contribution in [0.5, 0.6) is 0 Å². The molecule has 2 unspecified atom stereocenters. The lowest BCUT2D eigenvalue weighted by atomic mass is 10.0. The smallest absolute Gasteiger partial charge is 0.409 e. The second kappa shape index (κ2) is 8.33. The molecule has 0 aromatic carbocycles. The van der Waals surface area contributed by atoms with E-state index in [1.165, 1.54) is 25.4 Å². The van der Waals surface area contributed by atoms with E-state index in [-0.39, 0.29) is 23.4 Å². The number of carbonyl (C=O) groups is 4. The third-order valence-electron chi connectivity index (χ3n) is 4.37. The Morgan fingerprint density at radius 1 is 1.41 bits per heavy atom. The quantitative estimate of drug-likeness (QED) is 0.581. The first-order valence-corrected chi connectivity index (χ1v) is 10.8. The van der Waals surface area contributed by atoms with Crippen molar-refractivity contribution in [2.45, 2.75) is 17.8 Å². The second-order valence-electron chi connectivity index (χ2n) is 6.63. The molecule has 3 atom stereocenters. The molecule has 12 heteroatoms. The van der Waals surface area contributed by atoms with Gasteiger partial charge in [-0.3, -0.25) is 18.7 Å². The molecule has 29 heavy (non-hydrogen) atoms. The van der Waals surface area contributed by atoms with Crippen molar-refractivity contribution in [3.05, 3.63) is 33.7 Å². The minimum atomic E-state index is -1.66. The predicted molar refractivity (Wildman–Crippen MR) is 103 cm³/mol. The molecule has 2 N–H and O–H groups in total. The molecule has 1 saturated heterocycles. The third-order valence-corrected chi connectivity index (χ3v) is 6.90. The summed E-state index contributed by atoms with van der Waals surface area (Å²) in [5.41, 5.74) is -0.270. The van der Waals surface area contributed by atoms with Crippen LogP contribution in [-0.4, -0.2) is 80.9 Å². The monoisotopic (exact) mass is 441 g/mol. The minimum Gasteiger partial charge on any atom is -0.477 e. The molecule has 3 heterocycles. The summed E-state index contributed by atoms with van der Waals surface area (Å²) in [4.78, 5) is 51.0. The average Bonchev–Trinajstić information content (AvgIpc) is 3.16. The Bertz CT molecular complexity index is 910. The van der Waals surface area contributed by atoms with Crippen molar-refractivity contribution < 1.29 is 33.2 Å². The van der Waals surface area contributed by atoms with Gasteiger partial charge < -0.3 is 20.1 Å². The number of ether oxygens (including phenoxy) is 1. The van der Waals surface area contributed by atoms with Gasteiger partial charge in [-0.25, -0.2) is 9.59 Å². The highest BCUT2D eigenvalue weighted by atomic mass is 32.2. The van der Waals surface area contributed by atoms with Gasteiger partial charge in [0.25, 0.3) is 5.91 Å². The Kier molecular flexibility index (Phi) is 6.03. The van der Waals surface area contributed by atoms with Crippen molar-refractivity contribution in [3.8, 4) is 0 Å². The van der Waals surface area contributed by atoms with Crippen LogP contribution in [0.3, 0.4) is 0 Å². The normalized spacial score (nSPS) is 23.2. The standard InChI is InChI=1S/C17H19N3O7S2/c1-19(2)17(25)27-7-9-8-29(26)15-12(14(22)20(15)13(9)16(23)24)18-11(21)6-10-4-3-5-28-10/h3-5,12,15H,6-8H2,1-2H3,(H,18,21)(H,23,24)/t12?,15-,29?/m0/s1. The zero-order valence-corrected chi connectivity index (χ0v) is 17.2. The Morgan fingerprint density at radius 2 is 2.14 bits per heavy atom. The van der Waals surface area contributed by atoms with Gasteiger partial charge in [-0.15, -0.1) is 11.3 Å². The number of β-lactam (4-membered cyclic amide) rings is 1. The Morgan fingerprint density at radius 3 is 2.72 bits per heavy atom. The molecule has 1 fully saturated rings. The lowest BCUT2D eigenvalue weighted by Gasteiger charge is -2.49. The highest BCUT2D eigenvalue weighted by molar-refractivity contribution is 7.86. The summed E-state index contributed by atoms with van der Waals surface area (Å²) in [6.45, 7) is -0.393. The van der Waals surface area contributed by atoms with E-state index in [4.69, 9.17) is 4.74 Å². The van der Waals surface area contributed by atoms with Crippen LogP contribution >= 0.6 is 11.3 Å². The first kappa shape index (κ1) is 21.0. The molecule has 1 aromatic heterocycles. The van der Waals surface area contributed by atoms with Gasteiger partial charge in [0.2, 0.25) is 5.91 Å². The van der Waals surface area contributed by atoms with Gasteiger partial charge in [-0.2, -0.15) is 0 Å². The number of carboxylic acids is 1. The number of hydrogen-bond acceptors (Lipinski definition) is 7. The number of carboxylic acid groups (broad SMARTS) is 1. The highest BCUT2D eigenvalue weighted by Crippen LogP contribution is 2.35. The summed E-state index contributed by atoms with van der Waals surface area (Å²) >= 11 is 1.40. The molecule has 0 saturated carbocycles. The van der Waals surface area contributed by atoms with E-state index in [1.807, 2.05) is 5.38 Å². The van der Waals surface area contributed by atoms with Crippen LogP contribution in [0.25, 0.3) is 0 Å². The summed E-state index contributed by atoms with van der Waals surface area (Å²) in [5, 5.41) is 13.0. The SMILES string of the molecule is CN(C)C(=O)OCC1=C(C(=O)O)N2C(=O)C(NC(=O)Cc3cccs3)[C@@H]2S(=O)C1. The van der Waals surface area contributed by atoms with Crippen molar-refractivity contribution in [2.24, 2.45) is 0 Å². The zero-order chi connectivity index (χ0) is 21.3. The van der Waals surface area contributed by atoms with Crippen LogP contribution in [0, 0.1) is 0 Å². The summed E-state index contributed by atoms with van der Waals surface area (Å²) in [5.74, 6) is -2.63. The molecule has 3 amide bonds. The fraction of sp³-hybridized carbons (Fsp3) is 0.412. The number of carbonyl (C=O) groups excluding carboxylic acids is 3. The van der Waals surface area contributed by atoms with Gasteiger partial charge in [0.1, 0.15) is 23.7 Å². The van der Waals surface area contributed by atoms with Gasteiger partial charge in [-0.05, 0) is 11.4 Å². The van der Waals surface area contributed by atoms with Crippen LogP contribution in [0.4, 0.5) is 4.79 Å². The summed E-state index contributed by atoms with van der Waals surface area (Å²) in [6.07, 6.45) is -0.613. The molecule has 156 valence electrons. The highest BCUT2D eigenvalue weighted by Gasteiger charge is 2.57. The number of amides is 3. The number of fused-ring (bicyclic) bond motifs is 1. The van der Waals surface area contributed by atoms with Gasteiger partial charge >= 0.3 is 12.1 Å². The molecular formula is C17H19N3O7S2. The third kappa shape index (κ3) is 4.17. The number of nitrogens with zero attached hydrogens (tertiary/aromatic N) is 2. The fourth-order valence-electron chi connectivity index (χ4n) is 3.04. The molecule has 2 aliphatic heterocycles. The maximum Gasteiger partial charge on any atom is 0.409 e. The van der Waals surface area contributed by atoms with Crippen molar-refractivity contribution in [1.82, 2.24) is 15.1 Å². The fourth-order valence-corrected chi connectivity index (χ4v) is 5.41. The molecule has 2 aliphatic rings. The average molecular weight is 441 g/mol. The molecule has 0 spiro atoms. The van der Waals surface area contributed by atoms with Gasteiger partial charge in [0, 0.05) is 24.5 Å². The van der Waals surface area contributed by atoms with Crippen LogP contribution < -0.4 is 5.32 Å². The molecule has 1 aromatic rings. The number of hydrogen-bond donors (Lipinski definition) is 2. The van der Waals surface area contributed by atoms with Crippen LogP contribution in [0.15, 0.2) is 28.8 Å². The predicted octanol–water partition coefficient (Wildman–Crippen LogP) is -0.257. The van der Waals surface area contributed by atoms with E-state index in [1.54, 1.807) is 12.1 Å². The largest absolute Gasteiger partial charge is 0.477 e. The van der Waals surface area contributed by atoms with Crippen molar-refractivity contribution in [1.29, 1.82) is 0 Å². The van der Waals surface area contributed by atoms with E-state index >= 15 is 0 Å². The number of aliphatic carboxylic acids is 1. The molecule has 0 bridgehead atoms. The van der Waals surface area contributed by atoms with E-state index in [0.29, 0.717) is 0 Å². The Labute approximate surface area is 172 Å². The Hall–Kier alpha value is -2.73. The molecule has 0 radical (unpaired) electrons. The van der Waals surface area contributed by atoms with Crippen LogP contribution in [0.2, 0.25) is 0 Å². The summed E-state index contributed by atoms with van der Waals surface area (Å²) < 4.78 is 17.6. The molecule has 10 nitrogen and oxygen atoms in total. The Balaban J connectivity index is 1.75. The lowest BCUT2D eigenvalue weighted by Crippen LogP contribution is -2.73. The maximum absolute atomic E-state index is 12.7. The minimum absolute atomic E-state index is 0.0775. The topological polar surface area (TPSA) is 133 Å². The van der Waals surface area contributed by atoms with Crippen molar-refractivity contribution in [2.75, 3.05) is 26.5 Å². The maximum atomic E-state index is 12.7. The van der Waals surface area contributed by atoms with E-state index < -0.39 is 52.7 Å². The molecular weight excluding hydrogens is 422 g/mol.